The highest BCUT2D eigenvalue weighted by atomic mass is 32.2. The molecule has 0 bridgehead atoms. The Hall–Kier alpha value is -2.91. The van der Waals surface area contributed by atoms with Crippen molar-refractivity contribution >= 4 is 27.1 Å². The first-order valence-corrected chi connectivity index (χ1v) is 12.8. The van der Waals surface area contributed by atoms with Gasteiger partial charge in [-0.25, -0.2) is 13.4 Å². The monoisotopic (exact) mass is 474 g/mol. The summed E-state index contributed by atoms with van der Waals surface area (Å²) in [5.74, 6) is 0.991. The molecule has 0 spiro atoms. The molecule has 1 heterocycles. The van der Waals surface area contributed by atoms with E-state index in [1.807, 2.05) is 18.4 Å². The molecule has 7 nitrogen and oxygen atoms in total. The fourth-order valence-electron chi connectivity index (χ4n) is 2.96. The molecule has 170 valence electrons. The summed E-state index contributed by atoms with van der Waals surface area (Å²) in [6, 6.07) is 13.5. The van der Waals surface area contributed by atoms with Gasteiger partial charge in [0.25, 0.3) is 5.91 Å². The second kappa shape index (κ2) is 10.6. The summed E-state index contributed by atoms with van der Waals surface area (Å²) in [6.07, 6.45) is 1.76. The van der Waals surface area contributed by atoms with E-state index in [0.717, 1.165) is 17.0 Å². The molecular weight excluding hydrogens is 448 g/mol. The molecule has 3 aromatic rings. The highest BCUT2D eigenvalue weighted by Gasteiger charge is 2.13. The number of sulfone groups is 1. The third-order valence-electron chi connectivity index (χ3n) is 4.62. The van der Waals surface area contributed by atoms with Gasteiger partial charge in [0.05, 0.1) is 22.2 Å². The zero-order valence-electron chi connectivity index (χ0n) is 18.3. The Kier molecular flexibility index (Phi) is 7.87. The number of thiazole rings is 1. The molecule has 0 radical (unpaired) electrons. The first-order valence-electron chi connectivity index (χ1n) is 10.0. The quantitative estimate of drug-likeness (QED) is 0.413. The molecule has 0 aliphatic carbocycles. The second-order valence-corrected chi connectivity index (χ2v) is 10.4. The van der Waals surface area contributed by atoms with Gasteiger partial charge in [-0.05, 0) is 49.7 Å². The lowest BCUT2D eigenvalue weighted by molar-refractivity contribution is 0.0787. The van der Waals surface area contributed by atoms with Crippen molar-refractivity contribution in [3.63, 3.8) is 0 Å². The number of aryl methyl sites for hydroxylation is 1. The second-order valence-electron chi connectivity index (χ2n) is 7.35. The number of benzene rings is 2. The molecule has 0 saturated heterocycles. The predicted octanol–water partition coefficient (Wildman–Crippen LogP) is 3.98. The molecule has 0 atom stereocenters. The van der Waals surface area contributed by atoms with Crippen LogP contribution in [-0.4, -0.2) is 50.7 Å². The van der Waals surface area contributed by atoms with Gasteiger partial charge in [-0.2, -0.15) is 0 Å². The normalized spacial score (nSPS) is 11.2. The lowest BCUT2D eigenvalue weighted by Gasteiger charge is -2.18. The number of ether oxygens (including phenoxy) is 2. The van der Waals surface area contributed by atoms with Crippen molar-refractivity contribution in [1.82, 2.24) is 9.88 Å². The van der Waals surface area contributed by atoms with Gasteiger partial charge in [-0.15, -0.1) is 11.3 Å². The van der Waals surface area contributed by atoms with Crippen molar-refractivity contribution in [3.05, 3.63) is 70.2 Å². The summed E-state index contributed by atoms with van der Waals surface area (Å²) in [4.78, 5) is 19.0. The predicted molar refractivity (Wildman–Crippen MR) is 124 cm³/mol. The van der Waals surface area contributed by atoms with Gasteiger partial charge in [0.2, 0.25) is 0 Å². The molecule has 0 aliphatic rings. The Morgan fingerprint density at radius 3 is 2.50 bits per heavy atom. The number of carbonyl (C=O) groups excluding carboxylic acids is 1. The van der Waals surface area contributed by atoms with Crippen LogP contribution in [0.4, 0.5) is 0 Å². The molecule has 0 unspecified atom stereocenters. The molecule has 1 amide bonds. The summed E-state index contributed by atoms with van der Waals surface area (Å²) in [6.45, 7) is 3.16. The topological polar surface area (TPSA) is 85.8 Å². The summed E-state index contributed by atoms with van der Waals surface area (Å²) < 4.78 is 34.7. The van der Waals surface area contributed by atoms with Crippen LogP contribution in [0.2, 0.25) is 0 Å². The number of aromatic nitrogens is 1. The smallest absolute Gasteiger partial charge is 0.253 e. The van der Waals surface area contributed by atoms with E-state index in [4.69, 9.17) is 9.47 Å². The Morgan fingerprint density at radius 1 is 1.09 bits per heavy atom. The molecule has 0 saturated carbocycles. The van der Waals surface area contributed by atoms with Crippen molar-refractivity contribution in [3.8, 4) is 11.5 Å². The maximum atomic E-state index is 12.7. The number of nitrogens with zero attached hydrogens (tertiary/aromatic N) is 2. The minimum absolute atomic E-state index is 0.112. The molecule has 2 aromatic carbocycles. The highest BCUT2D eigenvalue weighted by molar-refractivity contribution is 7.90. The molecule has 32 heavy (non-hydrogen) atoms. The number of hydrogen-bond donors (Lipinski definition) is 0. The first kappa shape index (κ1) is 23.7. The largest absolute Gasteiger partial charge is 0.493 e. The minimum Gasteiger partial charge on any atom is -0.493 e. The van der Waals surface area contributed by atoms with Crippen LogP contribution in [0.5, 0.6) is 11.5 Å². The van der Waals surface area contributed by atoms with Gasteiger partial charge in [-0.3, -0.25) is 4.79 Å². The molecule has 0 N–H and O–H groups in total. The van der Waals surface area contributed by atoms with E-state index < -0.39 is 9.84 Å². The van der Waals surface area contributed by atoms with Crippen LogP contribution >= 0.6 is 11.3 Å². The number of carbonyl (C=O) groups is 1. The van der Waals surface area contributed by atoms with Crippen molar-refractivity contribution in [2.75, 3.05) is 26.5 Å². The molecule has 9 heteroatoms. The van der Waals surface area contributed by atoms with Crippen LogP contribution in [0.3, 0.4) is 0 Å². The van der Waals surface area contributed by atoms with Gasteiger partial charge < -0.3 is 14.4 Å². The summed E-state index contributed by atoms with van der Waals surface area (Å²) in [7, 11) is -1.55. The van der Waals surface area contributed by atoms with E-state index in [1.54, 1.807) is 53.6 Å². The Morgan fingerprint density at radius 2 is 1.81 bits per heavy atom. The van der Waals surface area contributed by atoms with Crippen LogP contribution in [-0.2, 0) is 16.4 Å². The van der Waals surface area contributed by atoms with E-state index in [1.165, 1.54) is 12.1 Å². The standard InChI is InChI=1S/C23H26N2O5S2/c1-17-24-19(16-31-17)15-30-20-8-4-7-18(13-20)23(26)25(2)11-6-12-29-21-9-5-10-22(14-21)32(3,27)28/h4-5,7-10,13-14,16H,6,11-12,15H2,1-3H3. The Labute approximate surface area is 192 Å². The van der Waals surface area contributed by atoms with Crippen molar-refractivity contribution in [2.24, 2.45) is 0 Å². The van der Waals surface area contributed by atoms with Crippen LogP contribution in [0.1, 0.15) is 27.5 Å². The molecule has 0 fully saturated rings. The van der Waals surface area contributed by atoms with Gasteiger partial charge in [-0.1, -0.05) is 12.1 Å². The lowest BCUT2D eigenvalue weighted by atomic mass is 10.2. The average Bonchev–Trinajstić information content (AvgIpc) is 3.19. The zero-order valence-corrected chi connectivity index (χ0v) is 19.9. The Balaban J connectivity index is 1.48. The fraction of sp³-hybridized carbons (Fsp3) is 0.304. The number of amides is 1. The summed E-state index contributed by atoms with van der Waals surface area (Å²) in [5.41, 5.74) is 1.41. The van der Waals surface area contributed by atoms with Crippen LogP contribution < -0.4 is 9.47 Å². The maximum Gasteiger partial charge on any atom is 0.253 e. The van der Waals surface area contributed by atoms with E-state index in [9.17, 15) is 13.2 Å². The van der Waals surface area contributed by atoms with Crippen LogP contribution in [0.25, 0.3) is 0 Å². The summed E-state index contributed by atoms with van der Waals surface area (Å²) in [5, 5.41) is 2.94. The molecule has 0 aliphatic heterocycles. The third-order valence-corrected chi connectivity index (χ3v) is 6.55. The minimum atomic E-state index is -3.28. The van der Waals surface area contributed by atoms with E-state index in [0.29, 0.717) is 43.2 Å². The number of hydrogen-bond acceptors (Lipinski definition) is 7. The van der Waals surface area contributed by atoms with Crippen molar-refractivity contribution < 1.29 is 22.7 Å². The fourth-order valence-corrected chi connectivity index (χ4v) is 4.21. The van der Waals surface area contributed by atoms with Gasteiger partial charge in [0.1, 0.15) is 18.1 Å². The van der Waals surface area contributed by atoms with Crippen molar-refractivity contribution in [2.45, 2.75) is 24.8 Å². The van der Waals surface area contributed by atoms with Crippen LogP contribution in [0.15, 0.2) is 58.8 Å². The molecule has 1 aromatic heterocycles. The van der Waals surface area contributed by atoms with E-state index >= 15 is 0 Å². The Bertz CT molecular complexity index is 1170. The van der Waals surface area contributed by atoms with E-state index in [2.05, 4.69) is 4.98 Å². The SMILES string of the molecule is Cc1nc(COc2cccc(C(=O)N(C)CCCOc3cccc(S(C)(=O)=O)c3)c2)cs1. The zero-order chi connectivity index (χ0) is 23.1. The molecule has 3 rings (SSSR count). The first-order chi connectivity index (χ1) is 15.2. The molecular formula is C23H26N2O5S2. The maximum absolute atomic E-state index is 12.7. The van der Waals surface area contributed by atoms with Crippen LogP contribution in [0, 0.1) is 6.92 Å². The van der Waals surface area contributed by atoms with Crippen molar-refractivity contribution in [1.29, 1.82) is 0 Å². The van der Waals surface area contributed by atoms with Gasteiger partial charge >= 0.3 is 0 Å². The summed E-state index contributed by atoms with van der Waals surface area (Å²) >= 11 is 1.57. The third kappa shape index (κ3) is 6.80. The average molecular weight is 475 g/mol. The highest BCUT2D eigenvalue weighted by Crippen LogP contribution is 2.19. The van der Waals surface area contributed by atoms with Gasteiger partial charge in [0, 0.05) is 30.8 Å². The van der Waals surface area contributed by atoms with Gasteiger partial charge in [0.15, 0.2) is 9.84 Å². The van der Waals surface area contributed by atoms with E-state index in [-0.39, 0.29) is 10.8 Å². The lowest BCUT2D eigenvalue weighted by Crippen LogP contribution is -2.28. The number of rotatable bonds is 10.